The van der Waals surface area contributed by atoms with Crippen LogP contribution >= 0.6 is 11.8 Å². The molecule has 0 aliphatic rings. The van der Waals surface area contributed by atoms with Gasteiger partial charge in [-0.15, -0.1) is 0 Å². The summed E-state index contributed by atoms with van der Waals surface area (Å²) in [5, 5.41) is 5.37. The summed E-state index contributed by atoms with van der Waals surface area (Å²) in [5.74, 6) is -1.98. The Morgan fingerprint density at radius 3 is 2.33 bits per heavy atom. The van der Waals surface area contributed by atoms with Gasteiger partial charge >= 0.3 is 0 Å². The molecule has 0 aliphatic heterocycles. The van der Waals surface area contributed by atoms with E-state index in [1.165, 1.54) is 0 Å². The van der Waals surface area contributed by atoms with Crippen LogP contribution in [0.2, 0.25) is 0 Å². The Labute approximate surface area is 128 Å². The van der Waals surface area contributed by atoms with Crippen LogP contribution in [-0.4, -0.2) is 30.0 Å². The van der Waals surface area contributed by atoms with Crippen LogP contribution in [-0.2, 0) is 0 Å². The second-order valence-electron chi connectivity index (χ2n) is 5.39. The molecule has 1 amide bonds. The molecular formula is C15H22F2N2OS. The molecule has 3 nitrogen and oxygen atoms in total. The van der Waals surface area contributed by atoms with Crippen LogP contribution in [0.3, 0.4) is 0 Å². The molecule has 0 saturated carbocycles. The van der Waals surface area contributed by atoms with Crippen LogP contribution in [0.1, 0.15) is 37.6 Å². The molecule has 1 rings (SSSR count). The van der Waals surface area contributed by atoms with Gasteiger partial charge in [0, 0.05) is 23.4 Å². The molecule has 118 valence electrons. The summed E-state index contributed by atoms with van der Waals surface area (Å²) in [6.45, 7) is 6.76. The molecule has 0 unspecified atom stereocenters. The standard InChI is InChI=1S/C15H22F2N2OS/c1-5-6-18-13-11(16)7-10(8-12(13)17)14(20)19-9-15(2,3)21-4/h7-8,18H,5-6,9H2,1-4H3,(H,19,20). The quantitative estimate of drug-likeness (QED) is 0.806. The van der Waals surface area contributed by atoms with E-state index >= 15 is 0 Å². The van der Waals surface area contributed by atoms with Gasteiger partial charge in [-0.05, 0) is 38.7 Å². The van der Waals surface area contributed by atoms with Crippen molar-refractivity contribution in [3.8, 4) is 0 Å². The van der Waals surface area contributed by atoms with Crippen LogP contribution in [0, 0.1) is 11.6 Å². The third kappa shape index (κ3) is 5.19. The number of nitrogens with one attached hydrogen (secondary N) is 2. The maximum atomic E-state index is 13.8. The Morgan fingerprint density at radius 1 is 1.29 bits per heavy atom. The van der Waals surface area contributed by atoms with E-state index in [9.17, 15) is 13.6 Å². The molecule has 0 spiro atoms. The molecule has 0 bridgehead atoms. The summed E-state index contributed by atoms with van der Waals surface area (Å²) in [7, 11) is 0. The first-order valence-electron chi connectivity index (χ1n) is 6.87. The molecule has 1 aromatic carbocycles. The van der Waals surface area contributed by atoms with E-state index in [1.807, 2.05) is 27.0 Å². The Bertz CT molecular complexity index is 483. The van der Waals surface area contributed by atoms with Crippen molar-refractivity contribution in [1.29, 1.82) is 0 Å². The third-order valence-electron chi connectivity index (χ3n) is 3.08. The van der Waals surface area contributed by atoms with Gasteiger partial charge in [0.2, 0.25) is 0 Å². The Morgan fingerprint density at radius 2 is 1.86 bits per heavy atom. The average molecular weight is 316 g/mol. The summed E-state index contributed by atoms with van der Waals surface area (Å²) in [5.41, 5.74) is -0.193. The number of thioether (sulfide) groups is 1. The molecule has 0 aliphatic carbocycles. The summed E-state index contributed by atoms with van der Waals surface area (Å²) in [6, 6.07) is 2.12. The van der Waals surface area contributed by atoms with Crippen molar-refractivity contribution in [2.24, 2.45) is 0 Å². The number of hydrogen-bond acceptors (Lipinski definition) is 3. The monoisotopic (exact) mass is 316 g/mol. The summed E-state index contributed by atoms with van der Waals surface area (Å²) >= 11 is 1.61. The van der Waals surface area contributed by atoms with Gasteiger partial charge in [-0.1, -0.05) is 6.92 Å². The number of hydrogen-bond donors (Lipinski definition) is 2. The van der Waals surface area contributed by atoms with Crippen LogP contribution in [0.25, 0.3) is 0 Å². The van der Waals surface area contributed by atoms with Gasteiger partial charge in [0.1, 0.15) is 17.3 Å². The first-order valence-corrected chi connectivity index (χ1v) is 8.09. The van der Waals surface area contributed by atoms with E-state index < -0.39 is 17.5 Å². The second-order valence-corrected chi connectivity index (χ2v) is 6.90. The van der Waals surface area contributed by atoms with Crippen molar-refractivity contribution >= 4 is 23.4 Å². The first-order chi connectivity index (χ1) is 9.80. The van der Waals surface area contributed by atoms with Crippen LogP contribution in [0.5, 0.6) is 0 Å². The zero-order valence-corrected chi connectivity index (χ0v) is 13.7. The van der Waals surface area contributed by atoms with E-state index in [0.717, 1.165) is 18.6 Å². The molecule has 0 radical (unpaired) electrons. The lowest BCUT2D eigenvalue weighted by Gasteiger charge is -2.22. The summed E-state index contributed by atoms with van der Waals surface area (Å²) in [6.07, 6.45) is 2.70. The molecule has 0 atom stereocenters. The number of carbonyl (C=O) groups is 1. The molecule has 0 saturated heterocycles. The second kappa shape index (κ2) is 7.64. The molecule has 2 N–H and O–H groups in total. The largest absolute Gasteiger partial charge is 0.380 e. The van der Waals surface area contributed by atoms with Gasteiger partial charge in [0.15, 0.2) is 0 Å². The normalized spacial score (nSPS) is 11.3. The summed E-state index contributed by atoms with van der Waals surface area (Å²) in [4.78, 5) is 12.0. The Balaban J connectivity index is 2.82. The molecule has 1 aromatic rings. The predicted octanol–water partition coefficient (Wildman–Crippen LogP) is 3.66. The molecule has 6 heteroatoms. The van der Waals surface area contributed by atoms with E-state index in [1.54, 1.807) is 11.8 Å². The zero-order chi connectivity index (χ0) is 16.0. The highest BCUT2D eigenvalue weighted by atomic mass is 32.2. The van der Waals surface area contributed by atoms with Crippen molar-refractivity contribution in [3.63, 3.8) is 0 Å². The number of anilines is 1. The minimum absolute atomic E-state index is 0.0102. The SMILES string of the molecule is CCCNc1c(F)cc(C(=O)NCC(C)(C)SC)cc1F. The maximum Gasteiger partial charge on any atom is 0.251 e. The highest BCUT2D eigenvalue weighted by molar-refractivity contribution is 7.99. The Hall–Kier alpha value is -1.30. The molecule has 21 heavy (non-hydrogen) atoms. The maximum absolute atomic E-state index is 13.8. The van der Waals surface area contributed by atoms with Gasteiger partial charge in [0.05, 0.1) is 0 Å². The number of carbonyl (C=O) groups excluding carboxylic acids is 1. The lowest BCUT2D eigenvalue weighted by Crippen LogP contribution is -2.36. The van der Waals surface area contributed by atoms with E-state index in [4.69, 9.17) is 0 Å². The van der Waals surface area contributed by atoms with Crippen molar-refractivity contribution in [1.82, 2.24) is 5.32 Å². The summed E-state index contributed by atoms with van der Waals surface area (Å²) < 4.78 is 27.6. The van der Waals surface area contributed by atoms with E-state index in [0.29, 0.717) is 13.1 Å². The third-order valence-corrected chi connectivity index (χ3v) is 4.33. The molecule has 0 fully saturated rings. The van der Waals surface area contributed by atoms with Crippen molar-refractivity contribution < 1.29 is 13.6 Å². The topological polar surface area (TPSA) is 41.1 Å². The predicted molar refractivity (Wildman–Crippen MR) is 85.1 cm³/mol. The minimum Gasteiger partial charge on any atom is -0.380 e. The number of rotatable bonds is 7. The molecule has 0 heterocycles. The van der Waals surface area contributed by atoms with Crippen molar-refractivity contribution in [3.05, 3.63) is 29.3 Å². The average Bonchev–Trinajstić information content (AvgIpc) is 2.44. The van der Waals surface area contributed by atoms with Gasteiger partial charge in [0.25, 0.3) is 5.91 Å². The first kappa shape index (κ1) is 17.8. The lowest BCUT2D eigenvalue weighted by atomic mass is 10.1. The number of amides is 1. The van der Waals surface area contributed by atoms with E-state index in [-0.39, 0.29) is 16.0 Å². The minimum atomic E-state index is -0.752. The van der Waals surface area contributed by atoms with Gasteiger partial charge in [-0.3, -0.25) is 4.79 Å². The van der Waals surface area contributed by atoms with Crippen molar-refractivity contribution in [2.75, 3.05) is 24.7 Å². The number of halogens is 2. The van der Waals surface area contributed by atoms with Gasteiger partial charge < -0.3 is 10.6 Å². The molecular weight excluding hydrogens is 294 g/mol. The van der Waals surface area contributed by atoms with Gasteiger partial charge in [-0.2, -0.15) is 11.8 Å². The lowest BCUT2D eigenvalue weighted by molar-refractivity contribution is 0.0950. The molecule has 0 aromatic heterocycles. The highest BCUT2D eigenvalue weighted by Gasteiger charge is 2.19. The van der Waals surface area contributed by atoms with Crippen LogP contribution in [0.15, 0.2) is 12.1 Å². The zero-order valence-electron chi connectivity index (χ0n) is 12.8. The van der Waals surface area contributed by atoms with Crippen molar-refractivity contribution in [2.45, 2.75) is 31.9 Å². The highest BCUT2D eigenvalue weighted by Crippen LogP contribution is 2.22. The fourth-order valence-electron chi connectivity index (χ4n) is 1.59. The van der Waals surface area contributed by atoms with Crippen LogP contribution < -0.4 is 10.6 Å². The van der Waals surface area contributed by atoms with Crippen LogP contribution in [0.4, 0.5) is 14.5 Å². The fraction of sp³-hybridized carbons (Fsp3) is 0.533. The number of benzene rings is 1. The Kier molecular flexibility index (Phi) is 6.45. The fourth-order valence-corrected chi connectivity index (χ4v) is 1.81. The van der Waals surface area contributed by atoms with E-state index in [2.05, 4.69) is 10.6 Å². The van der Waals surface area contributed by atoms with Gasteiger partial charge in [-0.25, -0.2) is 8.78 Å². The smallest absolute Gasteiger partial charge is 0.251 e.